The largest absolute Gasteiger partial charge is 0.120 e. The van der Waals surface area contributed by atoms with Crippen molar-refractivity contribution in [2.45, 2.75) is 25.6 Å². The van der Waals surface area contributed by atoms with Gasteiger partial charge in [-0.25, -0.2) is 0 Å². The highest BCUT2D eigenvalue weighted by Crippen LogP contribution is 2.07. The van der Waals surface area contributed by atoms with Crippen molar-refractivity contribution in [1.29, 1.82) is 0 Å². The number of hydrogen-bond acceptors (Lipinski definition) is 0. The number of hydrogen-bond donors (Lipinski definition) is 0. The predicted octanol–water partition coefficient (Wildman–Crippen LogP) is 2.02. The van der Waals surface area contributed by atoms with Crippen molar-refractivity contribution in [2.24, 2.45) is 0 Å². The predicted molar refractivity (Wildman–Crippen MR) is 25.6 cm³/mol. The molecule has 1 heteroatoms. The molecule has 0 atom stereocenters. The van der Waals surface area contributed by atoms with Crippen molar-refractivity contribution in [2.75, 3.05) is 0 Å². The summed E-state index contributed by atoms with van der Waals surface area (Å²) in [6.45, 7) is 2.37. The van der Waals surface area contributed by atoms with Gasteiger partial charge >= 0.3 is 0 Å². The first-order valence-electron chi connectivity index (χ1n) is 2.63. The van der Waals surface area contributed by atoms with Crippen molar-refractivity contribution in [3.8, 4) is 0 Å². The van der Waals surface area contributed by atoms with Gasteiger partial charge in [-0.2, -0.15) is 0 Å². The van der Waals surface area contributed by atoms with Crippen LogP contribution in [0.1, 0.15) is 23.5 Å². The molecule has 0 radical (unpaired) electrons. The minimum Gasteiger partial charge on any atom is -0.120 e. The van der Waals surface area contributed by atoms with E-state index >= 15 is 0 Å². The standard InChI is InChI=1S/C4H9Cl/c1-4(2,3)5/h1-3H3/i1D2. The number of halogens is 1. The average Bonchev–Trinajstić information content (AvgIpc) is 1.31. The lowest BCUT2D eigenvalue weighted by atomic mass is 10.3. The molecule has 32 valence electrons. The molecule has 0 saturated carbocycles. The Hall–Kier alpha value is 0.290. The van der Waals surface area contributed by atoms with Gasteiger partial charge in [-0.1, -0.05) is 0 Å². The Labute approximate surface area is 40.9 Å². The van der Waals surface area contributed by atoms with Gasteiger partial charge in [0.05, 0.1) is 0 Å². The molecule has 0 heterocycles. The maximum Gasteiger partial charge on any atom is 0.0362 e. The highest BCUT2D eigenvalue weighted by molar-refractivity contribution is 6.23. The van der Waals surface area contributed by atoms with Gasteiger partial charge in [-0.3, -0.25) is 0 Å². The first-order chi connectivity index (χ1) is 2.94. The molecule has 0 fully saturated rings. The molecule has 0 amide bonds. The molecule has 0 aliphatic carbocycles. The van der Waals surface area contributed by atoms with Crippen LogP contribution in [0.25, 0.3) is 0 Å². The van der Waals surface area contributed by atoms with Gasteiger partial charge in [0.2, 0.25) is 0 Å². The second-order valence-electron chi connectivity index (χ2n) is 1.56. The molecule has 0 aromatic carbocycles. The zero-order chi connectivity index (χ0) is 6.08. The third kappa shape index (κ3) is 268. The van der Waals surface area contributed by atoms with Gasteiger partial charge in [0, 0.05) is 7.62 Å². The van der Waals surface area contributed by atoms with Crippen molar-refractivity contribution in [1.82, 2.24) is 0 Å². The van der Waals surface area contributed by atoms with E-state index in [0.717, 1.165) is 0 Å². The topological polar surface area (TPSA) is 0 Å². The summed E-state index contributed by atoms with van der Waals surface area (Å²) in [6.07, 6.45) is 0. The minimum atomic E-state index is -0.936. The molecule has 5 heavy (non-hydrogen) atoms. The van der Waals surface area contributed by atoms with E-state index in [0.29, 0.717) is 0 Å². The molecule has 0 aliphatic rings. The van der Waals surface area contributed by atoms with E-state index in [4.69, 9.17) is 14.3 Å². The lowest BCUT2D eigenvalue weighted by Gasteiger charge is -2.01. The molecule has 0 aromatic heterocycles. The summed E-state index contributed by atoms with van der Waals surface area (Å²) in [6, 6.07) is 0. The van der Waals surface area contributed by atoms with Crippen LogP contribution in [0, 0.1) is 0 Å². The molecule has 0 saturated heterocycles. The monoisotopic (exact) mass is 94.1 g/mol. The van der Waals surface area contributed by atoms with E-state index in [1.165, 1.54) is 0 Å². The molecular formula is C4H9Cl. The van der Waals surface area contributed by atoms with Crippen LogP contribution >= 0.6 is 11.6 Å². The first kappa shape index (κ1) is 2.46. The van der Waals surface area contributed by atoms with Gasteiger partial charge in [-0.05, 0) is 20.7 Å². The minimum absolute atomic E-state index is 0.694. The lowest BCUT2D eigenvalue weighted by molar-refractivity contribution is 0.788. The fourth-order valence-corrected chi connectivity index (χ4v) is 0. The van der Waals surface area contributed by atoms with Gasteiger partial charge in [-0.15, -0.1) is 11.6 Å². The maximum absolute atomic E-state index is 6.76. The zero-order valence-electron chi connectivity index (χ0n) is 5.46. The second-order valence-corrected chi connectivity index (χ2v) is 2.54. The number of rotatable bonds is 0. The Balaban J connectivity index is 3.54. The van der Waals surface area contributed by atoms with Crippen LogP contribution in [0.4, 0.5) is 0 Å². The van der Waals surface area contributed by atoms with E-state index in [2.05, 4.69) is 0 Å². The molecule has 0 bridgehead atoms. The molecule has 0 rings (SSSR count). The van der Waals surface area contributed by atoms with Crippen LogP contribution in [-0.4, -0.2) is 4.87 Å². The maximum atomic E-state index is 6.76. The second kappa shape index (κ2) is 1.17. The summed E-state index contributed by atoms with van der Waals surface area (Å²) in [4.78, 5) is -0.694. The average molecular weight is 94.6 g/mol. The Morgan fingerprint density at radius 3 is 2.00 bits per heavy atom. The Bertz CT molecular complexity index is 55.2. The summed E-state index contributed by atoms with van der Waals surface area (Å²) in [5, 5.41) is 0. The zero-order valence-corrected chi connectivity index (χ0v) is 4.21. The Morgan fingerprint density at radius 2 is 2.00 bits per heavy atom. The van der Waals surface area contributed by atoms with E-state index in [-0.39, 0.29) is 0 Å². The van der Waals surface area contributed by atoms with Gasteiger partial charge in [0.25, 0.3) is 0 Å². The molecule has 0 unspecified atom stereocenters. The SMILES string of the molecule is [2H]C([2H])C(C)(C)Cl. The van der Waals surface area contributed by atoms with E-state index < -0.39 is 11.8 Å². The van der Waals surface area contributed by atoms with Crippen LogP contribution in [0.5, 0.6) is 0 Å². The molecule has 0 N–H and O–H groups in total. The van der Waals surface area contributed by atoms with Crippen LogP contribution in [0.2, 0.25) is 0 Å². The summed E-state index contributed by atoms with van der Waals surface area (Å²) >= 11 is 5.49. The molecular weight excluding hydrogens is 83.5 g/mol. The van der Waals surface area contributed by atoms with Crippen LogP contribution < -0.4 is 0 Å². The van der Waals surface area contributed by atoms with Gasteiger partial charge < -0.3 is 0 Å². The Kier molecular flexibility index (Phi) is 0.578. The first-order valence-corrected chi connectivity index (χ1v) is 1.86. The fraction of sp³-hybridized carbons (Fsp3) is 1.00. The Morgan fingerprint density at radius 1 is 1.80 bits per heavy atom. The van der Waals surface area contributed by atoms with E-state index in [9.17, 15) is 0 Å². The summed E-state index contributed by atoms with van der Waals surface area (Å²) in [5.74, 6) is 0. The van der Waals surface area contributed by atoms with Crippen molar-refractivity contribution < 1.29 is 2.74 Å². The van der Waals surface area contributed by atoms with Crippen LogP contribution in [-0.2, 0) is 0 Å². The normalized spacial score (nSPS) is 18.4. The van der Waals surface area contributed by atoms with Gasteiger partial charge in [0.15, 0.2) is 0 Å². The van der Waals surface area contributed by atoms with Crippen molar-refractivity contribution in [3.05, 3.63) is 0 Å². The molecule has 0 aromatic rings. The van der Waals surface area contributed by atoms with Crippen molar-refractivity contribution >= 4 is 11.6 Å². The van der Waals surface area contributed by atoms with Crippen LogP contribution in [0.15, 0.2) is 0 Å². The number of alkyl halides is 1. The molecule has 0 nitrogen and oxygen atoms in total. The quantitative estimate of drug-likeness (QED) is 0.403. The highest BCUT2D eigenvalue weighted by atomic mass is 35.5. The van der Waals surface area contributed by atoms with Crippen molar-refractivity contribution in [3.63, 3.8) is 0 Å². The van der Waals surface area contributed by atoms with E-state index in [1.54, 1.807) is 13.8 Å². The highest BCUT2D eigenvalue weighted by Gasteiger charge is 1.99. The third-order valence-electron chi connectivity index (χ3n) is 0. The van der Waals surface area contributed by atoms with E-state index in [1.807, 2.05) is 0 Å². The fourth-order valence-electron chi connectivity index (χ4n) is 0. The lowest BCUT2D eigenvalue weighted by Crippen LogP contribution is -1.99. The summed E-state index contributed by atoms with van der Waals surface area (Å²) in [5.41, 5.74) is 0. The summed E-state index contributed by atoms with van der Waals surface area (Å²) in [7, 11) is 0. The molecule has 0 aliphatic heterocycles. The third-order valence-corrected chi connectivity index (χ3v) is 0. The van der Waals surface area contributed by atoms with Crippen LogP contribution in [0.3, 0.4) is 0 Å². The molecule has 0 spiro atoms. The van der Waals surface area contributed by atoms with Gasteiger partial charge in [0.1, 0.15) is 0 Å². The summed E-state index contributed by atoms with van der Waals surface area (Å²) < 4.78 is 13.5. The smallest absolute Gasteiger partial charge is 0.0362 e.